The van der Waals surface area contributed by atoms with Crippen LogP contribution in [0.1, 0.15) is 11.4 Å². The van der Waals surface area contributed by atoms with E-state index in [1.165, 1.54) is 11.0 Å². The highest BCUT2D eigenvalue weighted by Gasteiger charge is 2.17. The van der Waals surface area contributed by atoms with Gasteiger partial charge in [0.1, 0.15) is 6.33 Å². The zero-order valence-corrected chi connectivity index (χ0v) is 10.7. The lowest BCUT2D eigenvalue weighted by Crippen LogP contribution is -2.23. The number of rotatable bonds is 2. The Labute approximate surface area is 113 Å². The molecule has 0 aromatic carbocycles. The standard InChI is InChI=1S/C13H12N6O/c20-13-18(7-9-3-5-14-8-16-9)17-12-2-1-10-11(19(12)13)4-6-15-10/h1-3,5,8,15H,4,6-7H2. The topological polar surface area (TPSA) is 77.1 Å². The van der Waals surface area contributed by atoms with Gasteiger partial charge in [0, 0.05) is 19.2 Å². The molecule has 0 spiro atoms. The van der Waals surface area contributed by atoms with Gasteiger partial charge in [0.2, 0.25) is 0 Å². The van der Waals surface area contributed by atoms with Gasteiger partial charge >= 0.3 is 5.69 Å². The van der Waals surface area contributed by atoms with Crippen LogP contribution >= 0.6 is 0 Å². The van der Waals surface area contributed by atoms with Gasteiger partial charge in [0.25, 0.3) is 0 Å². The first kappa shape index (κ1) is 11.2. The summed E-state index contributed by atoms with van der Waals surface area (Å²) in [5.74, 6) is 0. The van der Waals surface area contributed by atoms with Crippen molar-refractivity contribution in [3.63, 3.8) is 0 Å². The number of pyridine rings is 1. The molecule has 100 valence electrons. The highest BCUT2D eigenvalue weighted by atomic mass is 16.2. The summed E-state index contributed by atoms with van der Waals surface area (Å²) in [6.07, 6.45) is 3.97. The van der Waals surface area contributed by atoms with Gasteiger partial charge in [-0.15, -0.1) is 5.10 Å². The second-order valence-corrected chi connectivity index (χ2v) is 4.71. The first-order valence-electron chi connectivity index (χ1n) is 6.43. The number of fused-ring (bicyclic) bond motifs is 3. The fourth-order valence-electron chi connectivity index (χ4n) is 2.55. The number of aromatic nitrogens is 5. The van der Waals surface area contributed by atoms with E-state index in [-0.39, 0.29) is 5.69 Å². The van der Waals surface area contributed by atoms with Crippen LogP contribution in [0.15, 0.2) is 35.5 Å². The van der Waals surface area contributed by atoms with Crippen molar-refractivity contribution in [1.29, 1.82) is 0 Å². The molecule has 0 radical (unpaired) electrons. The van der Waals surface area contributed by atoms with Crippen molar-refractivity contribution in [2.24, 2.45) is 0 Å². The minimum absolute atomic E-state index is 0.126. The van der Waals surface area contributed by atoms with E-state index in [2.05, 4.69) is 20.4 Å². The average molecular weight is 268 g/mol. The number of nitrogens with one attached hydrogen (secondary N) is 1. The van der Waals surface area contributed by atoms with Crippen molar-refractivity contribution < 1.29 is 0 Å². The van der Waals surface area contributed by atoms with Crippen molar-refractivity contribution in [2.75, 3.05) is 11.9 Å². The Morgan fingerprint density at radius 2 is 2.25 bits per heavy atom. The van der Waals surface area contributed by atoms with Gasteiger partial charge in [-0.3, -0.25) is 0 Å². The van der Waals surface area contributed by atoms with Crippen LogP contribution in [0.5, 0.6) is 0 Å². The minimum Gasteiger partial charge on any atom is -0.383 e. The molecular weight excluding hydrogens is 256 g/mol. The maximum Gasteiger partial charge on any atom is 0.351 e. The Hall–Kier alpha value is -2.70. The molecule has 7 heteroatoms. The molecule has 0 amide bonds. The molecule has 3 aromatic heterocycles. The van der Waals surface area contributed by atoms with Crippen molar-refractivity contribution in [1.82, 2.24) is 24.1 Å². The van der Waals surface area contributed by atoms with Gasteiger partial charge in [0.15, 0.2) is 5.65 Å². The molecule has 4 rings (SSSR count). The van der Waals surface area contributed by atoms with Crippen LogP contribution in [0.4, 0.5) is 5.69 Å². The average Bonchev–Trinajstić information content (AvgIpc) is 3.05. The van der Waals surface area contributed by atoms with E-state index in [1.54, 1.807) is 16.7 Å². The molecule has 1 aliphatic heterocycles. The molecule has 0 bridgehead atoms. The van der Waals surface area contributed by atoms with E-state index in [4.69, 9.17) is 0 Å². The predicted octanol–water partition coefficient (Wildman–Crippen LogP) is 0.302. The SMILES string of the molecule is O=c1n(Cc2ccncn2)nc2ccc3c(n12)CCN3. The second kappa shape index (κ2) is 4.16. The van der Waals surface area contributed by atoms with Crippen LogP contribution in [0.3, 0.4) is 0 Å². The van der Waals surface area contributed by atoms with E-state index in [0.717, 1.165) is 30.0 Å². The molecule has 0 saturated heterocycles. The van der Waals surface area contributed by atoms with E-state index in [1.807, 2.05) is 12.1 Å². The molecule has 3 aromatic rings. The number of hydrogen-bond donors (Lipinski definition) is 1. The minimum atomic E-state index is -0.126. The summed E-state index contributed by atoms with van der Waals surface area (Å²) in [6, 6.07) is 5.61. The number of anilines is 1. The highest BCUT2D eigenvalue weighted by Crippen LogP contribution is 2.21. The fourth-order valence-corrected chi connectivity index (χ4v) is 2.55. The predicted molar refractivity (Wildman–Crippen MR) is 72.8 cm³/mol. The Morgan fingerprint density at radius 3 is 3.10 bits per heavy atom. The number of hydrogen-bond acceptors (Lipinski definition) is 5. The molecule has 4 heterocycles. The van der Waals surface area contributed by atoms with E-state index >= 15 is 0 Å². The molecule has 0 fully saturated rings. The summed E-state index contributed by atoms with van der Waals surface area (Å²) in [5, 5.41) is 7.63. The first-order chi connectivity index (χ1) is 9.83. The molecule has 0 saturated carbocycles. The summed E-state index contributed by atoms with van der Waals surface area (Å²) in [4.78, 5) is 20.5. The highest BCUT2D eigenvalue weighted by molar-refractivity contribution is 5.58. The monoisotopic (exact) mass is 268 g/mol. The van der Waals surface area contributed by atoms with Gasteiger partial charge in [0.05, 0.1) is 23.6 Å². The molecule has 20 heavy (non-hydrogen) atoms. The third-order valence-corrected chi connectivity index (χ3v) is 3.48. The van der Waals surface area contributed by atoms with Crippen molar-refractivity contribution in [3.8, 4) is 0 Å². The van der Waals surface area contributed by atoms with Crippen LogP contribution < -0.4 is 11.0 Å². The lowest BCUT2D eigenvalue weighted by Gasteiger charge is -2.00. The molecule has 1 aliphatic rings. The Bertz CT molecular complexity index is 835. The fraction of sp³-hybridized carbons (Fsp3) is 0.231. The van der Waals surface area contributed by atoms with Crippen LogP contribution in [0.25, 0.3) is 5.65 Å². The molecule has 0 aliphatic carbocycles. The Kier molecular flexibility index (Phi) is 2.32. The lowest BCUT2D eigenvalue weighted by molar-refractivity contribution is 0.643. The summed E-state index contributed by atoms with van der Waals surface area (Å²) >= 11 is 0. The maximum atomic E-state index is 12.5. The zero-order chi connectivity index (χ0) is 13.5. The van der Waals surface area contributed by atoms with E-state index in [0.29, 0.717) is 12.2 Å². The smallest absolute Gasteiger partial charge is 0.351 e. The molecule has 7 nitrogen and oxygen atoms in total. The molecule has 1 N–H and O–H groups in total. The second-order valence-electron chi connectivity index (χ2n) is 4.71. The first-order valence-corrected chi connectivity index (χ1v) is 6.43. The molecular formula is C13H12N6O. The largest absolute Gasteiger partial charge is 0.383 e. The van der Waals surface area contributed by atoms with Crippen LogP contribution in [-0.2, 0) is 13.0 Å². The van der Waals surface area contributed by atoms with E-state index < -0.39 is 0 Å². The summed E-state index contributed by atoms with van der Waals surface area (Å²) in [7, 11) is 0. The zero-order valence-electron chi connectivity index (χ0n) is 10.7. The summed E-state index contributed by atoms with van der Waals surface area (Å²) in [6.45, 7) is 1.21. The van der Waals surface area contributed by atoms with Gasteiger partial charge in [-0.25, -0.2) is 23.8 Å². The van der Waals surface area contributed by atoms with Crippen LogP contribution in [0.2, 0.25) is 0 Å². The third-order valence-electron chi connectivity index (χ3n) is 3.48. The van der Waals surface area contributed by atoms with Gasteiger partial charge < -0.3 is 5.32 Å². The van der Waals surface area contributed by atoms with Gasteiger partial charge in [-0.2, -0.15) is 0 Å². The lowest BCUT2D eigenvalue weighted by atomic mass is 10.3. The Morgan fingerprint density at radius 1 is 1.30 bits per heavy atom. The summed E-state index contributed by atoms with van der Waals surface area (Å²) in [5.41, 5.74) is 3.33. The van der Waals surface area contributed by atoms with E-state index in [9.17, 15) is 4.79 Å². The van der Waals surface area contributed by atoms with Gasteiger partial charge in [-0.05, 0) is 18.2 Å². The normalized spacial score (nSPS) is 13.4. The van der Waals surface area contributed by atoms with Crippen molar-refractivity contribution >= 4 is 11.3 Å². The third kappa shape index (κ3) is 1.59. The van der Waals surface area contributed by atoms with Crippen LogP contribution in [-0.4, -0.2) is 30.7 Å². The van der Waals surface area contributed by atoms with Crippen molar-refractivity contribution in [3.05, 3.63) is 52.6 Å². The van der Waals surface area contributed by atoms with Gasteiger partial charge in [-0.1, -0.05) is 0 Å². The van der Waals surface area contributed by atoms with Crippen molar-refractivity contribution in [2.45, 2.75) is 13.0 Å². The Balaban J connectivity index is 1.86. The molecule has 0 atom stereocenters. The molecule has 0 unspecified atom stereocenters. The van der Waals surface area contributed by atoms with Crippen LogP contribution in [0, 0.1) is 0 Å². The maximum absolute atomic E-state index is 12.5. The summed E-state index contributed by atoms with van der Waals surface area (Å²) < 4.78 is 3.12. The quantitative estimate of drug-likeness (QED) is 0.723. The number of nitrogens with zero attached hydrogens (tertiary/aromatic N) is 5.